The van der Waals surface area contributed by atoms with Crippen molar-refractivity contribution in [1.29, 1.82) is 0 Å². The molecular weight excluding hydrogens is 359 g/mol. The number of likely N-dealkylation sites (tertiary alicyclic amines) is 1. The number of benzene rings is 1. The number of amides is 1. The minimum Gasteiger partial charge on any atom is -0.341 e. The second-order valence-electron chi connectivity index (χ2n) is 7.55. The molecule has 0 saturated carbocycles. The number of rotatable bonds is 6. The first-order valence-electron chi connectivity index (χ1n) is 9.71. The van der Waals surface area contributed by atoms with E-state index >= 15 is 0 Å². The smallest absolute Gasteiger partial charge is 0.263 e. The van der Waals surface area contributed by atoms with Crippen molar-refractivity contribution in [3.63, 3.8) is 0 Å². The third-order valence-corrected chi connectivity index (χ3v) is 5.29. The zero-order valence-corrected chi connectivity index (χ0v) is 16.4. The third-order valence-electron chi connectivity index (χ3n) is 5.29. The Morgan fingerprint density at radius 2 is 2.18 bits per heavy atom. The molecule has 2 aromatic rings. The van der Waals surface area contributed by atoms with Gasteiger partial charge >= 0.3 is 0 Å². The van der Waals surface area contributed by atoms with Gasteiger partial charge in [-0.1, -0.05) is 18.2 Å². The molecule has 150 valence electrons. The zero-order chi connectivity index (χ0) is 20.1. The summed E-state index contributed by atoms with van der Waals surface area (Å²) in [4.78, 5) is 35.1. The van der Waals surface area contributed by atoms with Gasteiger partial charge in [-0.05, 0) is 50.3 Å². The number of carbonyl (C=O) groups is 1. The van der Waals surface area contributed by atoms with Gasteiger partial charge in [0.25, 0.3) is 11.5 Å². The summed E-state index contributed by atoms with van der Waals surface area (Å²) in [6, 6.07) is 6.89. The largest absolute Gasteiger partial charge is 0.341 e. The summed E-state index contributed by atoms with van der Waals surface area (Å²) >= 11 is 0. The van der Waals surface area contributed by atoms with Crippen LogP contribution in [0.2, 0.25) is 0 Å². The molecule has 0 spiro atoms. The molecule has 7 heteroatoms. The van der Waals surface area contributed by atoms with E-state index in [4.69, 9.17) is 0 Å². The maximum Gasteiger partial charge on any atom is 0.263 e. The van der Waals surface area contributed by atoms with Crippen molar-refractivity contribution < 1.29 is 9.18 Å². The SMILES string of the molecule is Cc1ncc(C(=O)N(C)CC2CCCN(CCc3ccccc3F)C2)c(=O)[nH]1. The first-order valence-corrected chi connectivity index (χ1v) is 9.71. The number of aromatic amines is 1. The van der Waals surface area contributed by atoms with Crippen molar-refractivity contribution in [1.82, 2.24) is 19.8 Å². The predicted molar refractivity (Wildman–Crippen MR) is 106 cm³/mol. The lowest BCUT2D eigenvalue weighted by atomic mass is 9.97. The summed E-state index contributed by atoms with van der Waals surface area (Å²) in [6.07, 6.45) is 4.11. The van der Waals surface area contributed by atoms with Crippen molar-refractivity contribution in [2.45, 2.75) is 26.2 Å². The summed E-state index contributed by atoms with van der Waals surface area (Å²) in [5, 5.41) is 0. The second-order valence-corrected chi connectivity index (χ2v) is 7.55. The minimum absolute atomic E-state index is 0.0697. The average Bonchev–Trinajstić information content (AvgIpc) is 2.67. The number of piperidine rings is 1. The molecule has 6 nitrogen and oxygen atoms in total. The molecular formula is C21H27FN4O2. The van der Waals surface area contributed by atoms with E-state index in [0.717, 1.165) is 38.0 Å². The van der Waals surface area contributed by atoms with Crippen molar-refractivity contribution in [3.05, 3.63) is 63.6 Å². The van der Waals surface area contributed by atoms with Gasteiger partial charge in [0.2, 0.25) is 0 Å². The molecule has 2 heterocycles. The van der Waals surface area contributed by atoms with Gasteiger partial charge in [0.15, 0.2) is 0 Å². The monoisotopic (exact) mass is 386 g/mol. The van der Waals surface area contributed by atoms with Crippen LogP contribution in [0.1, 0.15) is 34.6 Å². The van der Waals surface area contributed by atoms with Crippen LogP contribution in [0.3, 0.4) is 0 Å². The highest BCUT2D eigenvalue weighted by Gasteiger charge is 2.24. The van der Waals surface area contributed by atoms with Crippen LogP contribution in [-0.4, -0.2) is 58.9 Å². The average molecular weight is 386 g/mol. The number of nitrogens with zero attached hydrogens (tertiary/aromatic N) is 3. The van der Waals surface area contributed by atoms with E-state index in [1.165, 1.54) is 12.3 Å². The van der Waals surface area contributed by atoms with Gasteiger partial charge in [-0.15, -0.1) is 0 Å². The summed E-state index contributed by atoms with van der Waals surface area (Å²) in [5.74, 6) is 0.360. The summed E-state index contributed by atoms with van der Waals surface area (Å²) in [5.41, 5.74) is 0.405. The Morgan fingerprint density at radius 1 is 1.39 bits per heavy atom. The molecule has 1 N–H and O–H groups in total. The lowest BCUT2D eigenvalue weighted by Crippen LogP contribution is -2.43. The predicted octanol–water partition coefficient (Wildman–Crippen LogP) is 2.24. The van der Waals surface area contributed by atoms with E-state index < -0.39 is 5.56 Å². The fourth-order valence-electron chi connectivity index (χ4n) is 3.80. The number of aromatic nitrogens is 2. The fraction of sp³-hybridized carbons (Fsp3) is 0.476. The Bertz CT molecular complexity index is 883. The minimum atomic E-state index is -0.403. The topological polar surface area (TPSA) is 69.3 Å². The van der Waals surface area contributed by atoms with Crippen molar-refractivity contribution in [3.8, 4) is 0 Å². The Morgan fingerprint density at radius 3 is 2.93 bits per heavy atom. The molecule has 0 bridgehead atoms. The number of hydrogen-bond donors (Lipinski definition) is 1. The fourth-order valence-corrected chi connectivity index (χ4v) is 3.80. The highest BCUT2D eigenvalue weighted by Crippen LogP contribution is 2.19. The van der Waals surface area contributed by atoms with Crippen molar-refractivity contribution in [2.24, 2.45) is 5.92 Å². The van der Waals surface area contributed by atoms with Gasteiger partial charge in [0.05, 0.1) is 0 Å². The van der Waals surface area contributed by atoms with Crippen LogP contribution in [0.15, 0.2) is 35.3 Å². The number of H-pyrrole nitrogens is 1. The van der Waals surface area contributed by atoms with Gasteiger partial charge in [0.1, 0.15) is 17.2 Å². The molecule has 28 heavy (non-hydrogen) atoms. The standard InChI is InChI=1S/C21H27FN4O2/c1-15-23-12-18(20(27)24-15)21(28)25(2)13-16-6-5-10-26(14-16)11-9-17-7-3-4-8-19(17)22/h3-4,7-8,12,16H,5-6,9-11,13-14H2,1-2H3,(H,23,24,27). The Kier molecular flexibility index (Phi) is 6.57. The first kappa shape index (κ1) is 20.2. The molecule has 1 unspecified atom stereocenters. The Hall–Kier alpha value is -2.54. The van der Waals surface area contributed by atoms with E-state index in [9.17, 15) is 14.0 Å². The molecule has 1 atom stereocenters. The molecule has 0 radical (unpaired) electrons. The summed E-state index contributed by atoms with van der Waals surface area (Å²) < 4.78 is 13.8. The van der Waals surface area contributed by atoms with Gasteiger partial charge in [-0.2, -0.15) is 0 Å². The highest BCUT2D eigenvalue weighted by molar-refractivity contribution is 5.93. The first-order chi connectivity index (χ1) is 13.4. The zero-order valence-electron chi connectivity index (χ0n) is 16.4. The van der Waals surface area contributed by atoms with Crippen LogP contribution in [0, 0.1) is 18.7 Å². The summed E-state index contributed by atoms with van der Waals surface area (Å²) in [7, 11) is 1.72. The van der Waals surface area contributed by atoms with E-state index in [1.807, 2.05) is 12.1 Å². The maximum atomic E-state index is 13.8. The Balaban J connectivity index is 1.54. The lowest BCUT2D eigenvalue weighted by molar-refractivity contribution is 0.0728. The molecule has 1 aromatic heterocycles. The quantitative estimate of drug-likeness (QED) is 0.827. The van der Waals surface area contributed by atoms with Gasteiger partial charge in [0, 0.05) is 32.9 Å². The number of nitrogens with one attached hydrogen (secondary N) is 1. The normalized spacial score (nSPS) is 17.5. The third kappa shape index (κ3) is 5.04. The molecule has 1 fully saturated rings. The van der Waals surface area contributed by atoms with E-state index in [1.54, 1.807) is 24.9 Å². The van der Waals surface area contributed by atoms with E-state index in [-0.39, 0.29) is 17.3 Å². The number of aryl methyl sites for hydroxylation is 1. The van der Waals surface area contributed by atoms with Crippen molar-refractivity contribution >= 4 is 5.91 Å². The number of halogens is 1. The number of hydrogen-bond acceptors (Lipinski definition) is 4. The second kappa shape index (κ2) is 9.10. The molecule has 1 aliphatic heterocycles. The summed E-state index contributed by atoms with van der Waals surface area (Å²) in [6.45, 7) is 4.93. The van der Waals surface area contributed by atoms with Crippen LogP contribution in [0.5, 0.6) is 0 Å². The van der Waals surface area contributed by atoms with E-state index in [2.05, 4.69) is 14.9 Å². The van der Waals surface area contributed by atoms with Crippen LogP contribution < -0.4 is 5.56 Å². The molecule has 0 aliphatic carbocycles. The molecule has 1 aliphatic rings. The molecule has 1 aromatic carbocycles. The van der Waals surface area contributed by atoms with Crippen LogP contribution >= 0.6 is 0 Å². The van der Waals surface area contributed by atoms with Crippen LogP contribution in [-0.2, 0) is 6.42 Å². The maximum absolute atomic E-state index is 13.8. The van der Waals surface area contributed by atoms with Crippen molar-refractivity contribution in [2.75, 3.05) is 33.2 Å². The Labute approximate surface area is 164 Å². The highest BCUT2D eigenvalue weighted by atomic mass is 19.1. The van der Waals surface area contributed by atoms with Crippen LogP contribution in [0.4, 0.5) is 4.39 Å². The van der Waals surface area contributed by atoms with Gasteiger partial charge < -0.3 is 14.8 Å². The van der Waals surface area contributed by atoms with Crippen LogP contribution in [0.25, 0.3) is 0 Å². The number of carbonyl (C=O) groups excluding carboxylic acids is 1. The van der Waals surface area contributed by atoms with E-state index in [0.29, 0.717) is 24.7 Å². The molecule has 1 saturated heterocycles. The van der Waals surface area contributed by atoms with Gasteiger partial charge in [-0.25, -0.2) is 9.37 Å². The lowest BCUT2D eigenvalue weighted by Gasteiger charge is -2.34. The van der Waals surface area contributed by atoms with Gasteiger partial charge in [-0.3, -0.25) is 9.59 Å². The molecule has 1 amide bonds. The molecule has 3 rings (SSSR count).